The van der Waals surface area contributed by atoms with Crippen molar-refractivity contribution < 1.29 is 27.8 Å². The SMILES string of the molecule is CCn1c(=O)n(CCCO)c(=O)c2c1nc(Oc1cccc(OC(F)(F)F)c1)n2Cc1ccc(N)cn1. The van der Waals surface area contributed by atoms with Crippen molar-refractivity contribution in [3.8, 4) is 17.5 Å². The van der Waals surface area contributed by atoms with Crippen LogP contribution in [0.25, 0.3) is 11.2 Å². The first-order valence-corrected chi connectivity index (χ1v) is 11.2. The number of pyridine rings is 1. The van der Waals surface area contributed by atoms with Crippen LogP contribution in [0.5, 0.6) is 17.5 Å². The Labute approximate surface area is 207 Å². The number of hydrogen-bond acceptors (Lipinski definition) is 8. The first-order valence-electron chi connectivity index (χ1n) is 11.2. The number of alkyl halides is 3. The van der Waals surface area contributed by atoms with Gasteiger partial charge in [0.1, 0.15) is 11.5 Å². The molecule has 0 saturated heterocycles. The fourth-order valence-electron chi connectivity index (χ4n) is 3.74. The number of aromatic nitrogens is 5. The van der Waals surface area contributed by atoms with Crippen molar-refractivity contribution in [2.75, 3.05) is 12.3 Å². The number of fused-ring (bicyclic) bond motifs is 1. The van der Waals surface area contributed by atoms with Gasteiger partial charge in [-0.05, 0) is 37.6 Å². The maximum Gasteiger partial charge on any atom is 0.573 e. The number of aliphatic hydroxyl groups excluding tert-OH is 1. The molecule has 0 aliphatic rings. The van der Waals surface area contributed by atoms with E-state index >= 15 is 0 Å². The number of rotatable bonds is 9. The lowest BCUT2D eigenvalue weighted by Gasteiger charge is -2.12. The monoisotopic (exact) mass is 520 g/mol. The molecule has 4 rings (SSSR count). The summed E-state index contributed by atoms with van der Waals surface area (Å²) in [6.07, 6.45) is -3.30. The number of benzene rings is 1. The molecule has 0 amide bonds. The van der Waals surface area contributed by atoms with E-state index in [-0.39, 0.29) is 55.6 Å². The minimum Gasteiger partial charge on any atom is -0.425 e. The van der Waals surface area contributed by atoms with Crippen LogP contribution < -0.4 is 26.5 Å². The second-order valence-corrected chi connectivity index (χ2v) is 7.92. The van der Waals surface area contributed by atoms with Gasteiger partial charge in [0.25, 0.3) is 5.56 Å². The summed E-state index contributed by atoms with van der Waals surface area (Å²) in [6.45, 7) is 1.58. The van der Waals surface area contributed by atoms with Crippen LogP contribution in [0.4, 0.5) is 18.9 Å². The minimum absolute atomic E-state index is 0.0238. The smallest absolute Gasteiger partial charge is 0.425 e. The highest BCUT2D eigenvalue weighted by Gasteiger charge is 2.31. The van der Waals surface area contributed by atoms with E-state index in [0.29, 0.717) is 11.4 Å². The van der Waals surface area contributed by atoms with Gasteiger partial charge >= 0.3 is 18.1 Å². The molecule has 0 atom stereocenters. The Morgan fingerprint density at radius 3 is 2.49 bits per heavy atom. The lowest BCUT2D eigenvalue weighted by Crippen LogP contribution is -2.40. The average molecular weight is 520 g/mol. The molecule has 4 aromatic rings. The van der Waals surface area contributed by atoms with Crippen molar-refractivity contribution in [2.45, 2.75) is 39.3 Å². The zero-order chi connectivity index (χ0) is 26.7. The van der Waals surface area contributed by atoms with E-state index in [4.69, 9.17) is 10.5 Å². The predicted molar refractivity (Wildman–Crippen MR) is 127 cm³/mol. The molecule has 0 aliphatic heterocycles. The molecule has 196 valence electrons. The highest BCUT2D eigenvalue weighted by atomic mass is 19.4. The standard InChI is InChI=1S/C23H23F3N6O5/c1-2-30-19-18(20(34)31(22(30)35)9-4-10-33)32(13-15-8-7-14(27)12-28-15)21(29-19)36-16-5-3-6-17(11-16)37-23(24,25)26/h3,5-8,11-12,33H,2,4,9-10,13,27H2,1H3. The van der Waals surface area contributed by atoms with Gasteiger partial charge in [-0.25, -0.2) is 4.79 Å². The molecule has 3 heterocycles. The zero-order valence-corrected chi connectivity index (χ0v) is 19.6. The van der Waals surface area contributed by atoms with Crippen LogP contribution in [-0.4, -0.2) is 41.7 Å². The third kappa shape index (κ3) is 5.58. The van der Waals surface area contributed by atoms with Gasteiger partial charge in [-0.3, -0.25) is 23.5 Å². The number of anilines is 1. The molecule has 0 radical (unpaired) electrons. The van der Waals surface area contributed by atoms with Gasteiger partial charge in [0.05, 0.1) is 24.1 Å². The first-order chi connectivity index (χ1) is 17.6. The summed E-state index contributed by atoms with van der Waals surface area (Å²) in [6, 6.07) is 7.90. The number of aliphatic hydroxyl groups is 1. The molecule has 37 heavy (non-hydrogen) atoms. The Balaban J connectivity index is 1.90. The Morgan fingerprint density at radius 2 is 1.84 bits per heavy atom. The Kier molecular flexibility index (Phi) is 7.20. The van der Waals surface area contributed by atoms with E-state index in [1.807, 2.05) is 0 Å². The van der Waals surface area contributed by atoms with Gasteiger partial charge in [-0.2, -0.15) is 4.98 Å². The lowest BCUT2D eigenvalue weighted by molar-refractivity contribution is -0.274. The third-order valence-corrected chi connectivity index (χ3v) is 5.35. The summed E-state index contributed by atoms with van der Waals surface area (Å²) in [5.74, 6) is -0.556. The molecule has 3 N–H and O–H groups in total. The number of nitrogen functional groups attached to an aromatic ring is 1. The van der Waals surface area contributed by atoms with Crippen molar-refractivity contribution in [3.05, 3.63) is 69.1 Å². The van der Waals surface area contributed by atoms with Gasteiger partial charge in [-0.1, -0.05) is 6.07 Å². The summed E-state index contributed by atoms with van der Waals surface area (Å²) in [5, 5.41) is 9.22. The van der Waals surface area contributed by atoms with Crippen LogP contribution in [0.2, 0.25) is 0 Å². The van der Waals surface area contributed by atoms with E-state index in [1.54, 1.807) is 19.1 Å². The Morgan fingerprint density at radius 1 is 1.08 bits per heavy atom. The summed E-state index contributed by atoms with van der Waals surface area (Å²) >= 11 is 0. The second-order valence-electron chi connectivity index (χ2n) is 7.92. The molecule has 0 spiro atoms. The number of hydrogen-bond donors (Lipinski definition) is 2. The molecule has 0 fully saturated rings. The molecule has 3 aromatic heterocycles. The van der Waals surface area contributed by atoms with Crippen LogP contribution in [0, 0.1) is 0 Å². The van der Waals surface area contributed by atoms with Crippen LogP contribution >= 0.6 is 0 Å². The Bertz CT molecular complexity index is 1530. The van der Waals surface area contributed by atoms with Crippen LogP contribution in [-0.2, 0) is 19.6 Å². The molecule has 0 aliphatic carbocycles. The van der Waals surface area contributed by atoms with Crippen LogP contribution in [0.3, 0.4) is 0 Å². The molecular formula is C23H23F3N6O5. The van der Waals surface area contributed by atoms with E-state index in [0.717, 1.165) is 16.7 Å². The summed E-state index contributed by atoms with van der Waals surface area (Å²) < 4.78 is 51.5. The van der Waals surface area contributed by atoms with E-state index in [2.05, 4.69) is 14.7 Å². The number of nitrogens with zero attached hydrogens (tertiary/aromatic N) is 5. The average Bonchev–Trinajstić information content (AvgIpc) is 3.17. The van der Waals surface area contributed by atoms with Crippen molar-refractivity contribution in [3.63, 3.8) is 0 Å². The topological polar surface area (TPSA) is 139 Å². The molecule has 0 bridgehead atoms. The van der Waals surface area contributed by atoms with E-state index < -0.39 is 23.4 Å². The maximum atomic E-state index is 13.4. The van der Waals surface area contributed by atoms with Gasteiger partial charge < -0.3 is 20.3 Å². The van der Waals surface area contributed by atoms with Gasteiger partial charge in [0, 0.05) is 25.8 Å². The molecule has 11 nitrogen and oxygen atoms in total. The van der Waals surface area contributed by atoms with Crippen molar-refractivity contribution in [2.24, 2.45) is 0 Å². The van der Waals surface area contributed by atoms with Crippen molar-refractivity contribution in [1.29, 1.82) is 0 Å². The maximum absolute atomic E-state index is 13.4. The van der Waals surface area contributed by atoms with Crippen LogP contribution in [0.15, 0.2) is 52.2 Å². The normalized spacial score (nSPS) is 11.7. The molecule has 0 unspecified atom stereocenters. The van der Waals surface area contributed by atoms with E-state index in [9.17, 15) is 27.9 Å². The minimum atomic E-state index is -4.90. The predicted octanol–water partition coefficient (Wildman–Crippen LogP) is 2.48. The molecular weight excluding hydrogens is 497 g/mol. The summed E-state index contributed by atoms with van der Waals surface area (Å²) in [4.78, 5) is 35.0. The first kappa shape index (κ1) is 25.8. The molecule has 0 saturated carbocycles. The van der Waals surface area contributed by atoms with Crippen molar-refractivity contribution in [1.82, 2.24) is 23.7 Å². The lowest BCUT2D eigenvalue weighted by atomic mass is 10.3. The zero-order valence-electron chi connectivity index (χ0n) is 19.6. The quantitative estimate of drug-likeness (QED) is 0.343. The third-order valence-electron chi connectivity index (χ3n) is 5.35. The highest BCUT2D eigenvalue weighted by Crippen LogP contribution is 2.30. The number of nitrogens with two attached hydrogens (primary N) is 1. The number of aryl methyl sites for hydroxylation is 1. The fourth-order valence-corrected chi connectivity index (χ4v) is 3.74. The summed E-state index contributed by atoms with van der Waals surface area (Å²) in [5.41, 5.74) is 5.39. The van der Waals surface area contributed by atoms with Crippen LogP contribution in [0.1, 0.15) is 19.0 Å². The van der Waals surface area contributed by atoms with Gasteiger partial charge in [0.15, 0.2) is 11.2 Å². The number of halogens is 3. The number of imidazole rings is 1. The Hall–Kier alpha value is -4.33. The van der Waals surface area contributed by atoms with E-state index in [1.165, 1.54) is 27.5 Å². The fraction of sp³-hybridized carbons (Fsp3) is 0.304. The van der Waals surface area contributed by atoms with Crippen molar-refractivity contribution >= 4 is 16.9 Å². The van der Waals surface area contributed by atoms with Gasteiger partial charge in [0.2, 0.25) is 0 Å². The highest BCUT2D eigenvalue weighted by molar-refractivity contribution is 5.72. The second kappa shape index (κ2) is 10.3. The molecule has 1 aromatic carbocycles. The summed E-state index contributed by atoms with van der Waals surface area (Å²) in [7, 11) is 0. The number of ether oxygens (including phenoxy) is 2. The molecule has 14 heteroatoms. The largest absolute Gasteiger partial charge is 0.573 e. The van der Waals surface area contributed by atoms with Gasteiger partial charge in [-0.15, -0.1) is 13.2 Å².